The highest BCUT2D eigenvalue weighted by Crippen LogP contribution is 2.19. The zero-order chi connectivity index (χ0) is 14.5. The van der Waals surface area contributed by atoms with Gasteiger partial charge in [-0.3, -0.25) is 4.79 Å². The Hall–Kier alpha value is -2.49. The number of amides is 1. The Morgan fingerprint density at radius 3 is 2.25 bits per heavy atom. The monoisotopic (exact) mass is 270 g/mol. The van der Waals surface area contributed by atoms with E-state index in [2.05, 4.69) is 0 Å². The third-order valence-electron chi connectivity index (χ3n) is 3.00. The lowest BCUT2D eigenvalue weighted by Gasteiger charge is -2.17. The van der Waals surface area contributed by atoms with Gasteiger partial charge in [0.1, 0.15) is 5.75 Å². The Balaban J connectivity index is 2.15. The summed E-state index contributed by atoms with van der Waals surface area (Å²) in [4.78, 5) is 13.9. The molecule has 2 aromatic carbocycles. The number of nitrogens with two attached hydrogens (primary N) is 1. The van der Waals surface area contributed by atoms with E-state index in [4.69, 9.17) is 10.5 Å². The van der Waals surface area contributed by atoms with Gasteiger partial charge in [0.25, 0.3) is 5.91 Å². The smallest absolute Gasteiger partial charge is 0.258 e. The first kappa shape index (κ1) is 13.9. The zero-order valence-corrected chi connectivity index (χ0v) is 11.7. The van der Waals surface area contributed by atoms with E-state index in [1.54, 1.807) is 48.3 Å². The number of carbonyl (C=O) groups excluding carboxylic acids is 1. The summed E-state index contributed by atoms with van der Waals surface area (Å²) < 4.78 is 5.36. The minimum Gasteiger partial charge on any atom is -0.494 e. The summed E-state index contributed by atoms with van der Waals surface area (Å²) in [5, 5.41) is 0. The third kappa shape index (κ3) is 3.09. The summed E-state index contributed by atoms with van der Waals surface area (Å²) in [6.07, 6.45) is 0. The second-order valence-electron chi connectivity index (χ2n) is 4.41. The van der Waals surface area contributed by atoms with Crippen molar-refractivity contribution in [2.75, 3.05) is 24.3 Å². The molecule has 0 fully saturated rings. The second-order valence-corrected chi connectivity index (χ2v) is 4.41. The fourth-order valence-electron chi connectivity index (χ4n) is 1.87. The van der Waals surface area contributed by atoms with Crippen molar-refractivity contribution in [3.63, 3.8) is 0 Å². The van der Waals surface area contributed by atoms with Gasteiger partial charge in [0, 0.05) is 24.0 Å². The van der Waals surface area contributed by atoms with E-state index in [9.17, 15) is 4.79 Å². The maximum absolute atomic E-state index is 12.4. The van der Waals surface area contributed by atoms with E-state index in [-0.39, 0.29) is 5.91 Å². The molecule has 0 aliphatic rings. The van der Waals surface area contributed by atoms with E-state index < -0.39 is 0 Å². The Kier molecular flexibility index (Phi) is 4.25. The molecule has 0 spiro atoms. The normalized spacial score (nSPS) is 10.1. The van der Waals surface area contributed by atoms with Crippen LogP contribution in [-0.4, -0.2) is 19.6 Å². The molecule has 4 nitrogen and oxygen atoms in total. The fourth-order valence-corrected chi connectivity index (χ4v) is 1.87. The molecule has 0 saturated carbocycles. The molecule has 0 unspecified atom stereocenters. The quantitative estimate of drug-likeness (QED) is 0.869. The minimum atomic E-state index is -0.0715. The summed E-state index contributed by atoms with van der Waals surface area (Å²) >= 11 is 0. The Morgan fingerprint density at radius 1 is 1.10 bits per heavy atom. The fraction of sp³-hybridized carbons (Fsp3) is 0.188. The van der Waals surface area contributed by atoms with Gasteiger partial charge in [0.2, 0.25) is 0 Å². The van der Waals surface area contributed by atoms with Crippen LogP contribution in [-0.2, 0) is 0 Å². The summed E-state index contributed by atoms with van der Waals surface area (Å²) in [5.41, 5.74) is 7.74. The SMILES string of the molecule is CCOc1ccc(C(=O)N(C)c2ccc(N)cc2)cc1. The van der Waals surface area contributed by atoms with Crippen LogP contribution in [0.3, 0.4) is 0 Å². The number of carbonyl (C=O) groups is 1. The van der Waals surface area contributed by atoms with Gasteiger partial charge in [-0.25, -0.2) is 0 Å². The maximum Gasteiger partial charge on any atom is 0.258 e. The lowest BCUT2D eigenvalue weighted by atomic mass is 10.2. The molecule has 4 heteroatoms. The summed E-state index contributed by atoms with van der Waals surface area (Å²) in [6, 6.07) is 14.3. The molecule has 2 aromatic rings. The van der Waals surface area contributed by atoms with Gasteiger partial charge in [-0.15, -0.1) is 0 Å². The molecular formula is C16H18N2O2. The van der Waals surface area contributed by atoms with Crippen LogP contribution in [0, 0.1) is 0 Å². The van der Waals surface area contributed by atoms with Crippen molar-refractivity contribution in [2.45, 2.75) is 6.92 Å². The number of hydrogen-bond acceptors (Lipinski definition) is 3. The number of rotatable bonds is 4. The molecular weight excluding hydrogens is 252 g/mol. The van der Waals surface area contributed by atoms with E-state index >= 15 is 0 Å². The predicted octanol–water partition coefficient (Wildman–Crippen LogP) is 2.94. The lowest BCUT2D eigenvalue weighted by molar-refractivity contribution is 0.0993. The van der Waals surface area contributed by atoms with Crippen molar-refractivity contribution < 1.29 is 9.53 Å². The van der Waals surface area contributed by atoms with Crippen molar-refractivity contribution in [2.24, 2.45) is 0 Å². The summed E-state index contributed by atoms with van der Waals surface area (Å²) in [7, 11) is 1.74. The number of anilines is 2. The van der Waals surface area contributed by atoms with Gasteiger partial charge in [-0.2, -0.15) is 0 Å². The van der Waals surface area contributed by atoms with E-state index in [1.807, 2.05) is 19.1 Å². The first-order valence-corrected chi connectivity index (χ1v) is 6.48. The molecule has 2 N–H and O–H groups in total. The van der Waals surface area contributed by atoms with Crippen LogP contribution in [0.15, 0.2) is 48.5 Å². The highest BCUT2D eigenvalue weighted by molar-refractivity contribution is 6.05. The van der Waals surface area contributed by atoms with Gasteiger partial charge >= 0.3 is 0 Å². The molecule has 1 amide bonds. The molecule has 0 saturated heterocycles. The van der Waals surface area contributed by atoms with Crippen molar-refractivity contribution in [1.82, 2.24) is 0 Å². The highest BCUT2D eigenvalue weighted by Gasteiger charge is 2.13. The van der Waals surface area contributed by atoms with Crippen molar-refractivity contribution >= 4 is 17.3 Å². The Morgan fingerprint density at radius 2 is 1.70 bits per heavy atom. The van der Waals surface area contributed by atoms with Crippen LogP contribution in [0.2, 0.25) is 0 Å². The summed E-state index contributed by atoms with van der Waals surface area (Å²) in [5.74, 6) is 0.692. The number of nitrogen functional groups attached to an aromatic ring is 1. The molecule has 0 aromatic heterocycles. The van der Waals surface area contributed by atoms with Crippen molar-refractivity contribution in [3.05, 3.63) is 54.1 Å². The van der Waals surface area contributed by atoms with Gasteiger partial charge in [-0.1, -0.05) is 0 Å². The molecule has 0 aliphatic carbocycles. The van der Waals surface area contributed by atoms with E-state index in [0.29, 0.717) is 17.9 Å². The van der Waals surface area contributed by atoms with E-state index in [1.165, 1.54) is 0 Å². The Bertz CT molecular complexity index is 576. The number of benzene rings is 2. The molecule has 2 rings (SSSR count). The van der Waals surface area contributed by atoms with Crippen LogP contribution in [0.4, 0.5) is 11.4 Å². The number of ether oxygens (including phenoxy) is 1. The average molecular weight is 270 g/mol. The van der Waals surface area contributed by atoms with Crippen molar-refractivity contribution in [3.8, 4) is 5.75 Å². The topological polar surface area (TPSA) is 55.6 Å². The van der Waals surface area contributed by atoms with Crippen LogP contribution in [0.25, 0.3) is 0 Å². The van der Waals surface area contributed by atoms with Crippen LogP contribution >= 0.6 is 0 Å². The van der Waals surface area contributed by atoms with Crippen LogP contribution < -0.4 is 15.4 Å². The second kappa shape index (κ2) is 6.10. The van der Waals surface area contributed by atoms with Gasteiger partial charge in [-0.05, 0) is 55.5 Å². The first-order valence-electron chi connectivity index (χ1n) is 6.48. The number of nitrogens with zero attached hydrogens (tertiary/aromatic N) is 1. The molecule has 0 bridgehead atoms. The van der Waals surface area contributed by atoms with Crippen molar-refractivity contribution in [1.29, 1.82) is 0 Å². The molecule has 104 valence electrons. The third-order valence-corrected chi connectivity index (χ3v) is 3.00. The average Bonchev–Trinajstić information content (AvgIpc) is 2.48. The van der Waals surface area contributed by atoms with Crippen LogP contribution in [0.5, 0.6) is 5.75 Å². The lowest BCUT2D eigenvalue weighted by Crippen LogP contribution is -2.26. The largest absolute Gasteiger partial charge is 0.494 e. The molecule has 0 aliphatic heterocycles. The molecule has 0 heterocycles. The number of hydrogen-bond donors (Lipinski definition) is 1. The first-order chi connectivity index (χ1) is 9.61. The zero-order valence-electron chi connectivity index (χ0n) is 11.7. The van der Waals surface area contributed by atoms with Gasteiger partial charge in [0.05, 0.1) is 6.61 Å². The molecule has 0 radical (unpaired) electrons. The van der Waals surface area contributed by atoms with Crippen LogP contribution in [0.1, 0.15) is 17.3 Å². The predicted molar refractivity (Wildman–Crippen MR) is 81.2 cm³/mol. The van der Waals surface area contributed by atoms with Gasteiger partial charge in [0.15, 0.2) is 0 Å². The maximum atomic E-state index is 12.4. The standard InChI is InChI=1S/C16H18N2O2/c1-3-20-15-10-4-12(5-11-15)16(19)18(2)14-8-6-13(17)7-9-14/h4-11H,3,17H2,1-2H3. The summed E-state index contributed by atoms with van der Waals surface area (Å²) in [6.45, 7) is 2.53. The Labute approximate surface area is 118 Å². The van der Waals surface area contributed by atoms with E-state index in [0.717, 1.165) is 11.4 Å². The molecule has 0 atom stereocenters. The molecule has 20 heavy (non-hydrogen) atoms. The van der Waals surface area contributed by atoms with Gasteiger partial charge < -0.3 is 15.4 Å². The minimum absolute atomic E-state index is 0.0715. The highest BCUT2D eigenvalue weighted by atomic mass is 16.5.